The first-order valence-corrected chi connectivity index (χ1v) is 12.5. The first-order valence-electron chi connectivity index (χ1n) is 10.6. The fraction of sp³-hybridized carbons (Fsp3) is 0.348. The van der Waals surface area contributed by atoms with Gasteiger partial charge in [0.05, 0.1) is 0 Å². The van der Waals surface area contributed by atoms with E-state index in [1.807, 2.05) is 60.7 Å². The summed E-state index contributed by atoms with van der Waals surface area (Å²) in [6.45, 7) is 3.47. The molecule has 0 atom stereocenters. The molecule has 30 heavy (non-hydrogen) atoms. The van der Waals surface area contributed by atoms with Gasteiger partial charge in [-0.05, 0) is 0 Å². The molecule has 0 saturated carbocycles. The topological polar surface area (TPSA) is 45.2 Å². The summed E-state index contributed by atoms with van der Waals surface area (Å²) in [6.07, 6.45) is 2.21. The van der Waals surface area contributed by atoms with Crippen LogP contribution >= 0.6 is 7.51 Å². The second kappa shape index (κ2) is 7.17. The summed E-state index contributed by atoms with van der Waals surface area (Å²) in [6, 6.07) is 19.2. The molecule has 0 N–H and O–H groups in total. The summed E-state index contributed by atoms with van der Waals surface area (Å²) < 4.78 is 20.7. The average molecular weight is 425 g/mol. The zero-order valence-electron chi connectivity index (χ0n) is 17.5. The normalized spacial score (nSPS) is 25.1. The Morgan fingerprint density at radius 3 is 1.97 bits per heavy atom. The minimum atomic E-state index is -3.60. The minimum absolute atomic E-state index is 0.135. The van der Waals surface area contributed by atoms with Crippen LogP contribution in [0.1, 0.15) is 28.8 Å². The van der Waals surface area contributed by atoms with Crippen molar-refractivity contribution in [3.63, 3.8) is 0 Å². The van der Waals surface area contributed by atoms with Crippen molar-refractivity contribution in [1.29, 1.82) is 0 Å². The predicted molar refractivity (Wildman–Crippen MR) is 119 cm³/mol. The SMILES string of the molecule is CN1CCN(C)P12(N1CCCC1)OC(C(=O)c1ccccc1)=C(c1ccccc1)O2. The molecular weight excluding hydrogens is 397 g/mol. The standard InChI is InChI=1S/C23H28N3O3P/c1-24-17-18-25(2)30(24,26-15-9-10-16-26)28-22(20-13-7-4-8-14-20)23(29-30)21(27)19-11-5-3-6-12-19/h3-8,11-14H,9-10,15-18H2,1-2H3. The first kappa shape index (κ1) is 19.7. The maximum atomic E-state index is 13.6. The molecule has 3 aliphatic rings. The van der Waals surface area contributed by atoms with Crippen LogP contribution in [0.25, 0.3) is 5.76 Å². The van der Waals surface area contributed by atoms with Crippen molar-refractivity contribution in [3.8, 4) is 0 Å². The van der Waals surface area contributed by atoms with Crippen molar-refractivity contribution in [2.24, 2.45) is 0 Å². The van der Waals surface area contributed by atoms with E-state index in [1.54, 1.807) is 0 Å². The van der Waals surface area contributed by atoms with E-state index < -0.39 is 7.51 Å². The summed E-state index contributed by atoms with van der Waals surface area (Å²) in [5.41, 5.74) is 1.47. The van der Waals surface area contributed by atoms with Gasteiger partial charge in [-0.2, -0.15) is 0 Å². The number of ketones is 1. The fourth-order valence-corrected chi connectivity index (χ4v) is 9.85. The molecule has 0 aromatic heterocycles. The van der Waals surface area contributed by atoms with E-state index in [4.69, 9.17) is 9.05 Å². The van der Waals surface area contributed by atoms with Gasteiger partial charge in [0.15, 0.2) is 0 Å². The second-order valence-corrected chi connectivity index (χ2v) is 12.1. The summed E-state index contributed by atoms with van der Waals surface area (Å²) in [7, 11) is 0.534. The summed E-state index contributed by atoms with van der Waals surface area (Å²) >= 11 is 0. The number of likely N-dealkylation sites (N-methyl/N-ethyl adjacent to an activating group) is 2. The molecule has 0 aliphatic carbocycles. The molecule has 0 radical (unpaired) electrons. The number of allylic oxidation sites excluding steroid dienone is 1. The number of nitrogens with zero attached hydrogens (tertiary/aromatic N) is 3. The number of rotatable bonds is 4. The van der Waals surface area contributed by atoms with Crippen LogP contribution in [0, 0.1) is 0 Å². The third kappa shape index (κ3) is 2.61. The van der Waals surface area contributed by atoms with E-state index in [0.29, 0.717) is 17.1 Å². The molecular formula is C23H28N3O3P. The molecule has 2 saturated heterocycles. The third-order valence-corrected chi connectivity index (χ3v) is 11.6. The van der Waals surface area contributed by atoms with E-state index in [9.17, 15) is 4.79 Å². The Morgan fingerprint density at radius 1 is 0.800 bits per heavy atom. The van der Waals surface area contributed by atoms with Crippen LogP contribution in [0.15, 0.2) is 66.4 Å². The van der Waals surface area contributed by atoms with Gasteiger partial charge in [-0.3, -0.25) is 0 Å². The number of carbonyl (C=O) groups excluding carboxylic acids is 1. The predicted octanol–water partition coefficient (Wildman–Crippen LogP) is 4.39. The van der Waals surface area contributed by atoms with E-state index in [0.717, 1.165) is 44.6 Å². The van der Waals surface area contributed by atoms with Gasteiger partial charge in [-0.25, -0.2) is 0 Å². The molecule has 0 unspecified atom stereocenters. The Balaban J connectivity index is 1.69. The van der Waals surface area contributed by atoms with Crippen molar-refractivity contribution in [2.75, 3.05) is 40.3 Å². The molecule has 3 aliphatic heterocycles. The molecule has 1 spiro atoms. The number of carbonyl (C=O) groups is 1. The molecule has 0 amide bonds. The van der Waals surface area contributed by atoms with Gasteiger partial charge >= 0.3 is 178 Å². The van der Waals surface area contributed by atoms with Gasteiger partial charge in [-0.1, -0.05) is 0 Å². The molecule has 2 fully saturated rings. The number of Topliss-reactive ketones (excluding diaryl/α,β-unsaturated/α-hetero) is 1. The Morgan fingerprint density at radius 2 is 1.37 bits per heavy atom. The van der Waals surface area contributed by atoms with E-state index >= 15 is 0 Å². The maximum absolute atomic E-state index is 13.6. The van der Waals surface area contributed by atoms with Crippen molar-refractivity contribution in [3.05, 3.63) is 77.5 Å². The summed E-state index contributed by atoms with van der Waals surface area (Å²) in [4.78, 5) is 13.6. The van der Waals surface area contributed by atoms with Crippen molar-refractivity contribution >= 4 is 19.1 Å². The molecule has 7 heteroatoms. The average Bonchev–Trinajstić information content (AvgIpc) is 3.51. The molecule has 6 nitrogen and oxygen atoms in total. The van der Waals surface area contributed by atoms with Crippen LogP contribution in [0.5, 0.6) is 0 Å². The van der Waals surface area contributed by atoms with Crippen LogP contribution in [0.3, 0.4) is 0 Å². The van der Waals surface area contributed by atoms with Crippen molar-refractivity contribution in [2.45, 2.75) is 12.8 Å². The molecule has 2 aromatic rings. The van der Waals surface area contributed by atoms with Gasteiger partial charge in [0, 0.05) is 0 Å². The Bertz CT molecular complexity index is 979. The van der Waals surface area contributed by atoms with Crippen LogP contribution in [0.4, 0.5) is 0 Å². The molecule has 5 rings (SSSR count). The van der Waals surface area contributed by atoms with Gasteiger partial charge < -0.3 is 0 Å². The molecule has 2 aromatic carbocycles. The zero-order valence-corrected chi connectivity index (χ0v) is 18.4. The van der Waals surface area contributed by atoms with E-state index in [2.05, 4.69) is 28.1 Å². The number of hydrogen-bond donors (Lipinski definition) is 0. The Labute approximate surface area is 177 Å². The first-order chi connectivity index (χ1) is 14.6. The molecule has 0 bridgehead atoms. The van der Waals surface area contributed by atoms with Gasteiger partial charge in [0.25, 0.3) is 0 Å². The Hall–Kier alpha value is -2.24. The van der Waals surface area contributed by atoms with Crippen LogP contribution in [-0.4, -0.2) is 60.1 Å². The number of hydrogen-bond acceptors (Lipinski definition) is 6. The van der Waals surface area contributed by atoms with Crippen molar-refractivity contribution in [1.82, 2.24) is 14.0 Å². The molecule has 158 valence electrons. The van der Waals surface area contributed by atoms with Gasteiger partial charge in [0.1, 0.15) is 0 Å². The summed E-state index contributed by atoms with van der Waals surface area (Å²) in [5.74, 6) is 0.732. The number of benzene rings is 2. The van der Waals surface area contributed by atoms with Crippen LogP contribution in [0.2, 0.25) is 0 Å². The summed E-state index contributed by atoms with van der Waals surface area (Å²) in [5, 5.41) is 0. The van der Waals surface area contributed by atoms with Gasteiger partial charge in [-0.15, -0.1) is 0 Å². The van der Waals surface area contributed by atoms with E-state index in [-0.39, 0.29) is 5.78 Å². The van der Waals surface area contributed by atoms with Gasteiger partial charge in [0.2, 0.25) is 0 Å². The molecule has 3 heterocycles. The van der Waals surface area contributed by atoms with Crippen molar-refractivity contribution < 1.29 is 13.8 Å². The quantitative estimate of drug-likeness (QED) is 0.535. The van der Waals surface area contributed by atoms with E-state index in [1.165, 1.54) is 0 Å². The zero-order chi connectivity index (χ0) is 20.8. The second-order valence-electron chi connectivity index (χ2n) is 8.16. The fourth-order valence-electron chi connectivity index (χ4n) is 4.82. The third-order valence-electron chi connectivity index (χ3n) is 6.47. The van der Waals surface area contributed by atoms with Crippen LogP contribution in [-0.2, 0) is 9.05 Å². The van der Waals surface area contributed by atoms with Crippen LogP contribution < -0.4 is 0 Å². The Kier molecular flexibility index (Phi) is 4.71. The monoisotopic (exact) mass is 425 g/mol.